The molecule has 1 atom stereocenters. The molecule has 4 rings (SSSR count). The second-order valence-electron chi connectivity index (χ2n) is 8.85. The van der Waals surface area contributed by atoms with Crippen molar-refractivity contribution in [1.29, 1.82) is 0 Å². The van der Waals surface area contributed by atoms with Gasteiger partial charge in [0.1, 0.15) is 11.9 Å². The van der Waals surface area contributed by atoms with Crippen LogP contribution in [0.3, 0.4) is 0 Å². The lowest BCUT2D eigenvalue weighted by atomic mass is 10.0. The number of aromatic nitrogens is 2. The topological polar surface area (TPSA) is 73.8 Å². The molecule has 2 amide bonds. The summed E-state index contributed by atoms with van der Waals surface area (Å²) >= 11 is 0. The van der Waals surface area contributed by atoms with E-state index >= 15 is 0 Å². The zero-order valence-electron chi connectivity index (χ0n) is 19.8. The van der Waals surface area contributed by atoms with E-state index in [1.165, 1.54) is 11.0 Å². The molecule has 1 saturated heterocycles. The lowest BCUT2D eigenvalue weighted by Crippen LogP contribution is -2.45. The van der Waals surface area contributed by atoms with Crippen molar-refractivity contribution in [3.63, 3.8) is 0 Å². The van der Waals surface area contributed by atoms with E-state index in [4.69, 9.17) is 9.72 Å². The van der Waals surface area contributed by atoms with Crippen LogP contribution in [0.5, 0.6) is 5.75 Å². The van der Waals surface area contributed by atoms with Crippen molar-refractivity contribution in [2.24, 2.45) is 0 Å². The summed E-state index contributed by atoms with van der Waals surface area (Å²) in [6.07, 6.45) is 1.04. The molecule has 0 aliphatic carbocycles. The molecular weight excluding hydrogens is 468 g/mol. The normalized spacial score (nSPS) is 18.5. The molecule has 1 aromatic carbocycles. The maximum atomic E-state index is 14.0. The molecule has 190 valence electrons. The van der Waals surface area contributed by atoms with E-state index in [-0.39, 0.29) is 35.6 Å². The minimum atomic E-state index is -2.82. The van der Waals surface area contributed by atoms with E-state index in [0.29, 0.717) is 50.3 Å². The number of carbonyl (C=O) groups is 1. The quantitative estimate of drug-likeness (QED) is 0.498. The largest absolute Gasteiger partial charge is 0.487 e. The Bertz CT molecular complexity index is 1080. The maximum Gasteiger partial charge on any atom is 0.320 e. The van der Waals surface area contributed by atoms with E-state index in [1.807, 2.05) is 11.8 Å². The highest BCUT2D eigenvalue weighted by molar-refractivity contribution is 5.75. The molecule has 1 unspecified atom stereocenters. The molecule has 8 nitrogen and oxygen atoms in total. The van der Waals surface area contributed by atoms with Gasteiger partial charge in [-0.05, 0) is 19.1 Å². The van der Waals surface area contributed by atoms with Crippen molar-refractivity contribution >= 4 is 17.7 Å². The fourth-order valence-corrected chi connectivity index (χ4v) is 4.43. The van der Waals surface area contributed by atoms with Crippen molar-refractivity contribution in [3.8, 4) is 5.75 Å². The van der Waals surface area contributed by atoms with Crippen LogP contribution in [0.4, 0.5) is 34.0 Å². The van der Waals surface area contributed by atoms with E-state index in [2.05, 4.69) is 10.3 Å². The Morgan fingerprint density at radius 3 is 2.51 bits per heavy atom. The first-order valence-electron chi connectivity index (χ1n) is 11.4. The van der Waals surface area contributed by atoms with Crippen molar-refractivity contribution < 1.29 is 27.1 Å². The summed E-state index contributed by atoms with van der Waals surface area (Å²) < 4.78 is 59.3. The standard InChI is InChI=1S/C23H28F4N6O2/c1-13-19-17(8-11-33(13)23(34)31(2)3)28-20(30-22(26)27)21(29-19)32-9-6-15(7-10-32)35-18-5-4-14(24)12-16(18)25/h4-5,12-13,15,22H,6-11H2,1-3H3,(H,28,30). The van der Waals surface area contributed by atoms with Gasteiger partial charge in [-0.2, -0.15) is 8.78 Å². The Kier molecular flexibility index (Phi) is 7.18. The van der Waals surface area contributed by atoms with Gasteiger partial charge in [-0.25, -0.2) is 23.5 Å². The minimum Gasteiger partial charge on any atom is -0.487 e. The number of amides is 2. The zero-order valence-corrected chi connectivity index (χ0v) is 19.8. The molecule has 2 aliphatic heterocycles. The molecule has 3 heterocycles. The summed E-state index contributed by atoms with van der Waals surface area (Å²) in [6.45, 7) is 0.253. The Balaban J connectivity index is 1.54. The molecule has 2 aliphatic rings. The number of carbonyl (C=O) groups excluding carboxylic acids is 1. The van der Waals surface area contributed by atoms with E-state index < -0.39 is 18.2 Å². The van der Waals surface area contributed by atoms with Gasteiger partial charge >= 0.3 is 12.6 Å². The molecule has 0 bridgehead atoms. The molecule has 2 aromatic rings. The SMILES string of the molecule is CC1c2nc(N3CCC(Oc4ccc(F)cc4F)CC3)c(NC(F)F)nc2CCN1C(=O)N(C)C. The third-order valence-corrected chi connectivity index (χ3v) is 6.24. The first-order valence-corrected chi connectivity index (χ1v) is 11.4. The second-order valence-corrected chi connectivity index (χ2v) is 8.85. The van der Waals surface area contributed by atoms with Gasteiger partial charge in [0, 0.05) is 59.1 Å². The van der Waals surface area contributed by atoms with Gasteiger partial charge in [0.05, 0.1) is 17.4 Å². The van der Waals surface area contributed by atoms with Gasteiger partial charge in [0.2, 0.25) is 0 Å². The van der Waals surface area contributed by atoms with Crippen LogP contribution < -0.4 is 15.0 Å². The van der Waals surface area contributed by atoms with Crippen LogP contribution in [0.1, 0.15) is 37.2 Å². The van der Waals surface area contributed by atoms with Gasteiger partial charge in [0.15, 0.2) is 23.2 Å². The Labute approximate surface area is 200 Å². The zero-order chi connectivity index (χ0) is 25.3. The number of piperidine rings is 1. The number of halogens is 4. The number of anilines is 2. The number of urea groups is 1. The molecular formula is C23H28F4N6O2. The van der Waals surface area contributed by atoms with Crippen molar-refractivity contribution in [2.75, 3.05) is 43.9 Å². The van der Waals surface area contributed by atoms with E-state index in [1.54, 1.807) is 19.0 Å². The van der Waals surface area contributed by atoms with E-state index in [0.717, 1.165) is 12.1 Å². The Morgan fingerprint density at radius 2 is 1.89 bits per heavy atom. The van der Waals surface area contributed by atoms with Crippen LogP contribution in [-0.4, -0.2) is 72.2 Å². The third kappa shape index (κ3) is 5.35. The van der Waals surface area contributed by atoms with Crippen LogP contribution in [-0.2, 0) is 6.42 Å². The second kappa shape index (κ2) is 10.1. The van der Waals surface area contributed by atoms with Gasteiger partial charge in [-0.15, -0.1) is 0 Å². The van der Waals surface area contributed by atoms with Crippen LogP contribution in [0.25, 0.3) is 0 Å². The summed E-state index contributed by atoms with van der Waals surface area (Å²) in [5.74, 6) is -1.22. The Morgan fingerprint density at radius 1 is 1.17 bits per heavy atom. The molecule has 0 spiro atoms. The van der Waals surface area contributed by atoms with Crippen LogP contribution in [0.15, 0.2) is 18.2 Å². The minimum absolute atomic E-state index is 0.0118. The van der Waals surface area contributed by atoms with Crippen molar-refractivity contribution in [1.82, 2.24) is 19.8 Å². The maximum absolute atomic E-state index is 14.0. The number of nitrogens with zero attached hydrogens (tertiary/aromatic N) is 5. The molecule has 35 heavy (non-hydrogen) atoms. The summed E-state index contributed by atoms with van der Waals surface area (Å²) in [7, 11) is 3.34. The molecule has 1 fully saturated rings. The van der Waals surface area contributed by atoms with Crippen LogP contribution in [0, 0.1) is 11.6 Å². The lowest BCUT2D eigenvalue weighted by Gasteiger charge is -2.38. The molecule has 0 saturated carbocycles. The molecule has 1 aromatic heterocycles. The number of rotatable bonds is 5. The predicted molar refractivity (Wildman–Crippen MR) is 122 cm³/mol. The summed E-state index contributed by atoms with van der Waals surface area (Å²) in [6, 6.07) is 2.61. The predicted octanol–water partition coefficient (Wildman–Crippen LogP) is 4.04. The van der Waals surface area contributed by atoms with Gasteiger partial charge in [-0.1, -0.05) is 0 Å². The number of hydrogen-bond donors (Lipinski definition) is 1. The Hall–Kier alpha value is -3.31. The molecule has 1 N–H and O–H groups in total. The first kappa shape index (κ1) is 24.8. The highest BCUT2D eigenvalue weighted by atomic mass is 19.3. The summed E-state index contributed by atoms with van der Waals surface area (Å²) in [5.41, 5.74) is 1.16. The van der Waals surface area contributed by atoms with Gasteiger partial charge < -0.3 is 24.8 Å². The van der Waals surface area contributed by atoms with E-state index in [9.17, 15) is 22.4 Å². The first-order chi connectivity index (χ1) is 16.6. The highest BCUT2D eigenvalue weighted by Gasteiger charge is 2.33. The lowest BCUT2D eigenvalue weighted by molar-refractivity contribution is 0.147. The number of alkyl halides is 2. The number of nitrogens with one attached hydrogen (secondary N) is 1. The fourth-order valence-electron chi connectivity index (χ4n) is 4.43. The van der Waals surface area contributed by atoms with Crippen LogP contribution >= 0.6 is 0 Å². The fraction of sp³-hybridized carbons (Fsp3) is 0.522. The van der Waals surface area contributed by atoms with Gasteiger partial charge in [-0.3, -0.25) is 0 Å². The monoisotopic (exact) mass is 496 g/mol. The summed E-state index contributed by atoms with van der Waals surface area (Å²) in [5, 5.41) is 2.10. The average molecular weight is 497 g/mol. The smallest absolute Gasteiger partial charge is 0.320 e. The van der Waals surface area contributed by atoms with Crippen LogP contribution in [0.2, 0.25) is 0 Å². The number of fused-ring (bicyclic) bond motifs is 1. The molecule has 0 radical (unpaired) electrons. The summed E-state index contributed by atoms with van der Waals surface area (Å²) in [4.78, 5) is 26.7. The number of ether oxygens (including phenoxy) is 1. The van der Waals surface area contributed by atoms with Crippen molar-refractivity contribution in [2.45, 2.75) is 44.9 Å². The number of benzene rings is 1. The van der Waals surface area contributed by atoms with Gasteiger partial charge in [0.25, 0.3) is 0 Å². The average Bonchev–Trinajstić information content (AvgIpc) is 2.80. The molecule has 12 heteroatoms. The third-order valence-electron chi connectivity index (χ3n) is 6.24. The van der Waals surface area contributed by atoms with Crippen molar-refractivity contribution in [3.05, 3.63) is 41.2 Å². The number of hydrogen-bond acceptors (Lipinski definition) is 6. The highest BCUT2D eigenvalue weighted by Crippen LogP contribution is 2.34.